The highest BCUT2D eigenvalue weighted by Crippen LogP contribution is 2.34. The molecule has 0 saturated carbocycles. The molecule has 1 fully saturated rings. The van der Waals surface area contributed by atoms with Crippen LogP contribution in [0.25, 0.3) is 0 Å². The van der Waals surface area contributed by atoms with Crippen molar-refractivity contribution in [2.24, 2.45) is 0 Å². The lowest BCUT2D eigenvalue weighted by molar-refractivity contribution is 0.252. The minimum absolute atomic E-state index is 0.552. The van der Waals surface area contributed by atoms with Crippen molar-refractivity contribution in [3.63, 3.8) is 0 Å². The molecule has 2 nitrogen and oxygen atoms in total. The van der Waals surface area contributed by atoms with Gasteiger partial charge in [0.2, 0.25) is 0 Å². The summed E-state index contributed by atoms with van der Waals surface area (Å²) in [6.45, 7) is 1.85. The highest BCUT2D eigenvalue weighted by atomic mass is 32.2. The number of para-hydroxylation sites is 1. The zero-order chi connectivity index (χ0) is 13.0. The highest BCUT2D eigenvalue weighted by Gasteiger charge is 2.20. The molecule has 100 valence electrons. The van der Waals surface area contributed by atoms with E-state index in [2.05, 4.69) is 10.2 Å². The van der Waals surface area contributed by atoms with E-state index >= 15 is 0 Å². The van der Waals surface area contributed by atoms with Crippen LogP contribution in [0.3, 0.4) is 0 Å². The first-order valence-corrected chi connectivity index (χ1v) is 7.04. The molecule has 1 saturated heterocycles. The van der Waals surface area contributed by atoms with E-state index in [1.807, 2.05) is 25.2 Å². The Morgan fingerprint density at radius 3 is 2.56 bits per heavy atom. The van der Waals surface area contributed by atoms with Gasteiger partial charge < -0.3 is 10.2 Å². The van der Waals surface area contributed by atoms with Gasteiger partial charge in [-0.2, -0.15) is 8.78 Å². The largest absolute Gasteiger partial charge is 0.371 e. The SMILES string of the molecule is CNC1CCN(c2ccccc2SC(F)F)CC1. The van der Waals surface area contributed by atoms with Crippen molar-refractivity contribution in [3.05, 3.63) is 24.3 Å². The number of nitrogens with zero attached hydrogens (tertiary/aromatic N) is 1. The molecule has 1 heterocycles. The summed E-state index contributed by atoms with van der Waals surface area (Å²) in [7, 11) is 1.97. The number of thioether (sulfide) groups is 1. The molecule has 0 aliphatic carbocycles. The molecule has 0 bridgehead atoms. The molecule has 1 N–H and O–H groups in total. The van der Waals surface area contributed by atoms with E-state index in [1.54, 1.807) is 6.07 Å². The van der Waals surface area contributed by atoms with Crippen molar-refractivity contribution in [2.45, 2.75) is 29.5 Å². The number of nitrogens with one attached hydrogen (secondary N) is 1. The van der Waals surface area contributed by atoms with E-state index in [4.69, 9.17) is 0 Å². The van der Waals surface area contributed by atoms with Crippen LogP contribution in [0, 0.1) is 0 Å². The second-order valence-electron chi connectivity index (χ2n) is 4.40. The Morgan fingerprint density at radius 1 is 1.28 bits per heavy atom. The highest BCUT2D eigenvalue weighted by molar-refractivity contribution is 7.99. The Morgan fingerprint density at radius 2 is 1.94 bits per heavy atom. The molecule has 18 heavy (non-hydrogen) atoms. The van der Waals surface area contributed by atoms with Crippen molar-refractivity contribution >= 4 is 17.4 Å². The van der Waals surface area contributed by atoms with E-state index in [9.17, 15) is 8.78 Å². The Hall–Kier alpha value is -0.810. The maximum absolute atomic E-state index is 12.5. The van der Waals surface area contributed by atoms with Crippen LogP contribution in [-0.4, -0.2) is 31.9 Å². The van der Waals surface area contributed by atoms with E-state index in [0.717, 1.165) is 31.6 Å². The summed E-state index contributed by atoms with van der Waals surface area (Å²) < 4.78 is 25.0. The molecule has 2 rings (SSSR count). The summed E-state index contributed by atoms with van der Waals surface area (Å²) in [5.74, 6) is -2.36. The van der Waals surface area contributed by atoms with Gasteiger partial charge in [-0.25, -0.2) is 0 Å². The maximum Gasteiger partial charge on any atom is 0.288 e. The third kappa shape index (κ3) is 3.36. The van der Waals surface area contributed by atoms with E-state index in [-0.39, 0.29) is 0 Å². The molecule has 0 spiro atoms. The smallest absolute Gasteiger partial charge is 0.288 e. The number of alkyl halides is 2. The van der Waals surface area contributed by atoms with Crippen LogP contribution in [-0.2, 0) is 0 Å². The number of rotatable bonds is 4. The molecule has 0 amide bonds. The van der Waals surface area contributed by atoms with Crippen molar-refractivity contribution in [1.29, 1.82) is 0 Å². The first kappa shape index (κ1) is 13.6. The van der Waals surface area contributed by atoms with Gasteiger partial charge in [0, 0.05) is 24.0 Å². The second-order valence-corrected chi connectivity index (χ2v) is 5.43. The molecule has 0 unspecified atom stereocenters. The van der Waals surface area contributed by atoms with E-state index in [1.165, 1.54) is 0 Å². The molecule has 1 aliphatic rings. The van der Waals surface area contributed by atoms with Gasteiger partial charge in [0.05, 0.1) is 5.69 Å². The third-order valence-corrected chi connectivity index (χ3v) is 4.10. The monoisotopic (exact) mass is 272 g/mol. The molecule has 0 atom stereocenters. The van der Waals surface area contributed by atoms with Crippen LogP contribution < -0.4 is 10.2 Å². The van der Waals surface area contributed by atoms with Crippen LogP contribution in [0.5, 0.6) is 0 Å². The lowest BCUT2D eigenvalue weighted by atomic mass is 10.0. The summed E-state index contributed by atoms with van der Waals surface area (Å²) >= 11 is 0.635. The first-order valence-electron chi connectivity index (χ1n) is 6.16. The van der Waals surface area contributed by atoms with Gasteiger partial charge in [0.15, 0.2) is 0 Å². The molecule has 1 aromatic carbocycles. The molecule has 5 heteroatoms. The molecular weight excluding hydrogens is 254 g/mol. The number of benzene rings is 1. The number of halogens is 2. The second kappa shape index (κ2) is 6.38. The Kier molecular flexibility index (Phi) is 4.83. The zero-order valence-corrected chi connectivity index (χ0v) is 11.2. The quantitative estimate of drug-likeness (QED) is 0.847. The molecule has 1 aromatic rings. The summed E-state index contributed by atoms with van der Waals surface area (Å²) in [6, 6.07) is 7.99. The van der Waals surface area contributed by atoms with Crippen LogP contribution in [0.2, 0.25) is 0 Å². The number of anilines is 1. The van der Waals surface area contributed by atoms with Gasteiger partial charge in [-0.3, -0.25) is 0 Å². The van der Waals surface area contributed by atoms with Gasteiger partial charge in [0.25, 0.3) is 5.76 Å². The Balaban J connectivity index is 2.08. The normalized spacial score (nSPS) is 17.4. The zero-order valence-electron chi connectivity index (χ0n) is 10.4. The van der Waals surface area contributed by atoms with Crippen molar-refractivity contribution in [3.8, 4) is 0 Å². The summed E-state index contributed by atoms with van der Waals surface area (Å²) in [6.07, 6.45) is 2.12. The lowest BCUT2D eigenvalue weighted by Crippen LogP contribution is -2.41. The Labute approximate surface area is 111 Å². The molecule has 0 aromatic heterocycles. The van der Waals surface area contributed by atoms with E-state index in [0.29, 0.717) is 22.7 Å². The number of hydrogen-bond acceptors (Lipinski definition) is 3. The standard InChI is InChI=1S/C13H18F2N2S/c1-16-10-6-8-17(9-7-10)11-4-2-3-5-12(11)18-13(14)15/h2-5,10,13,16H,6-9H2,1H3. The average Bonchev–Trinajstić information content (AvgIpc) is 2.39. The fourth-order valence-corrected chi connectivity index (χ4v) is 2.99. The summed E-state index contributed by atoms with van der Waals surface area (Å²) in [5.41, 5.74) is 0.942. The minimum Gasteiger partial charge on any atom is -0.371 e. The van der Waals surface area contributed by atoms with Gasteiger partial charge in [0.1, 0.15) is 0 Å². The Bertz CT molecular complexity index is 379. The van der Waals surface area contributed by atoms with Crippen LogP contribution >= 0.6 is 11.8 Å². The van der Waals surface area contributed by atoms with Crippen LogP contribution in [0.15, 0.2) is 29.2 Å². The fourth-order valence-electron chi connectivity index (χ4n) is 2.32. The summed E-state index contributed by atoms with van der Waals surface area (Å²) in [4.78, 5) is 2.88. The molecular formula is C13H18F2N2S. The van der Waals surface area contributed by atoms with Crippen molar-refractivity contribution in [1.82, 2.24) is 5.32 Å². The molecule has 0 radical (unpaired) electrons. The maximum atomic E-state index is 12.5. The molecule has 1 aliphatic heterocycles. The van der Waals surface area contributed by atoms with Crippen LogP contribution in [0.1, 0.15) is 12.8 Å². The van der Waals surface area contributed by atoms with Crippen molar-refractivity contribution < 1.29 is 8.78 Å². The predicted octanol–water partition coefficient (Wildman–Crippen LogP) is 3.19. The van der Waals surface area contributed by atoms with Gasteiger partial charge in [-0.15, -0.1) is 0 Å². The third-order valence-electron chi connectivity index (χ3n) is 3.33. The van der Waals surface area contributed by atoms with Gasteiger partial charge in [-0.05, 0) is 32.0 Å². The average molecular weight is 272 g/mol. The lowest BCUT2D eigenvalue weighted by Gasteiger charge is -2.34. The summed E-state index contributed by atoms with van der Waals surface area (Å²) in [5, 5.41) is 3.27. The van der Waals surface area contributed by atoms with Gasteiger partial charge >= 0.3 is 0 Å². The van der Waals surface area contributed by atoms with E-state index < -0.39 is 5.76 Å². The predicted molar refractivity (Wildman–Crippen MR) is 72.6 cm³/mol. The minimum atomic E-state index is -2.36. The van der Waals surface area contributed by atoms with Gasteiger partial charge in [-0.1, -0.05) is 23.9 Å². The topological polar surface area (TPSA) is 15.3 Å². The number of piperidine rings is 1. The van der Waals surface area contributed by atoms with Crippen molar-refractivity contribution in [2.75, 3.05) is 25.0 Å². The first-order chi connectivity index (χ1) is 8.70. The van der Waals surface area contributed by atoms with Crippen LogP contribution in [0.4, 0.5) is 14.5 Å². The fraction of sp³-hybridized carbons (Fsp3) is 0.538. The number of hydrogen-bond donors (Lipinski definition) is 1.